The maximum Gasteiger partial charge on any atom is 0.317 e. The highest BCUT2D eigenvalue weighted by Gasteiger charge is 2.27. The van der Waals surface area contributed by atoms with E-state index in [9.17, 15) is 4.79 Å². The zero-order valence-electron chi connectivity index (χ0n) is 11.8. The molecule has 3 heterocycles. The Kier molecular flexibility index (Phi) is 4.17. The summed E-state index contributed by atoms with van der Waals surface area (Å²) in [7, 11) is 1.91. The van der Waals surface area contributed by atoms with Crippen molar-refractivity contribution in [2.24, 2.45) is 7.05 Å². The van der Waals surface area contributed by atoms with E-state index in [1.807, 2.05) is 36.5 Å². The SMILES string of the molecule is Cn1cc([C@H]2CCN(C(=O)NCc3ccc(Cl)s3)C2)cn1. The van der Waals surface area contributed by atoms with Crippen molar-refractivity contribution in [1.82, 2.24) is 20.0 Å². The minimum absolute atomic E-state index is 0.00841. The molecule has 1 atom stereocenters. The molecule has 0 saturated carbocycles. The molecule has 1 aliphatic heterocycles. The highest BCUT2D eigenvalue weighted by atomic mass is 35.5. The zero-order chi connectivity index (χ0) is 14.8. The monoisotopic (exact) mass is 324 g/mol. The van der Waals surface area contributed by atoms with Crippen molar-refractivity contribution < 1.29 is 4.79 Å². The van der Waals surface area contributed by atoms with Crippen LogP contribution < -0.4 is 5.32 Å². The zero-order valence-corrected chi connectivity index (χ0v) is 13.3. The molecule has 112 valence electrons. The molecule has 0 bridgehead atoms. The molecule has 0 aliphatic carbocycles. The van der Waals surface area contributed by atoms with Gasteiger partial charge < -0.3 is 10.2 Å². The first-order valence-corrected chi connectivity index (χ1v) is 8.07. The number of nitrogens with one attached hydrogen (secondary N) is 1. The fourth-order valence-corrected chi connectivity index (χ4v) is 3.62. The summed E-state index contributed by atoms with van der Waals surface area (Å²) in [6, 6.07) is 3.78. The van der Waals surface area contributed by atoms with E-state index in [2.05, 4.69) is 10.4 Å². The number of urea groups is 1. The quantitative estimate of drug-likeness (QED) is 0.943. The summed E-state index contributed by atoms with van der Waals surface area (Å²) in [4.78, 5) is 15.1. The van der Waals surface area contributed by atoms with Crippen molar-refractivity contribution in [3.63, 3.8) is 0 Å². The molecule has 0 radical (unpaired) electrons. The Balaban J connectivity index is 1.52. The Morgan fingerprint density at radius 1 is 1.57 bits per heavy atom. The van der Waals surface area contributed by atoms with Gasteiger partial charge >= 0.3 is 6.03 Å². The molecule has 0 spiro atoms. The lowest BCUT2D eigenvalue weighted by atomic mass is 10.0. The molecular weight excluding hydrogens is 308 g/mol. The molecule has 1 fully saturated rings. The van der Waals surface area contributed by atoms with Crippen molar-refractivity contribution in [1.29, 1.82) is 0 Å². The van der Waals surface area contributed by atoms with Gasteiger partial charge in [-0.3, -0.25) is 4.68 Å². The van der Waals surface area contributed by atoms with E-state index in [0.717, 1.165) is 28.7 Å². The fourth-order valence-electron chi connectivity index (χ4n) is 2.59. The molecule has 21 heavy (non-hydrogen) atoms. The standard InChI is InChI=1S/C14H17ClN4OS/c1-18-8-11(6-17-18)10-4-5-19(9-10)14(20)16-7-12-2-3-13(15)21-12/h2-3,6,8,10H,4-5,7,9H2,1H3,(H,16,20)/t10-/m0/s1. The molecule has 2 aromatic heterocycles. The first-order chi connectivity index (χ1) is 10.1. The Morgan fingerprint density at radius 2 is 2.43 bits per heavy atom. The van der Waals surface area contributed by atoms with E-state index in [1.54, 1.807) is 4.68 Å². The van der Waals surface area contributed by atoms with Crippen LogP contribution in [0.25, 0.3) is 0 Å². The number of rotatable bonds is 3. The number of aromatic nitrogens is 2. The lowest BCUT2D eigenvalue weighted by molar-refractivity contribution is 0.208. The molecule has 1 aliphatic rings. The number of carbonyl (C=O) groups excluding carboxylic acids is 1. The van der Waals surface area contributed by atoms with Crippen LogP contribution in [0.15, 0.2) is 24.5 Å². The molecule has 1 N–H and O–H groups in total. The van der Waals surface area contributed by atoms with Gasteiger partial charge in [-0.2, -0.15) is 5.10 Å². The van der Waals surface area contributed by atoms with Crippen molar-refractivity contribution in [3.05, 3.63) is 39.3 Å². The molecule has 2 amide bonds. The normalized spacial score (nSPS) is 18.2. The summed E-state index contributed by atoms with van der Waals surface area (Å²) in [6.07, 6.45) is 4.91. The van der Waals surface area contributed by atoms with E-state index in [1.165, 1.54) is 16.9 Å². The second-order valence-corrected chi connectivity index (χ2v) is 7.04. The van der Waals surface area contributed by atoms with Crippen LogP contribution in [0.1, 0.15) is 22.8 Å². The van der Waals surface area contributed by atoms with Gasteiger partial charge in [-0.05, 0) is 24.1 Å². The maximum atomic E-state index is 12.2. The summed E-state index contributed by atoms with van der Waals surface area (Å²) in [5.41, 5.74) is 1.21. The molecule has 7 heteroatoms. The number of halogens is 1. The summed E-state index contributed by atoms with van der Waals surface area (Å²) in [5.74, 6) is 0.389. The summed E-state index contributed by atoms with van der Waals surface area (Å²) >= 11 is 7.37. The molecule has 2 aromatic rings. The Bertz CT molecular complexity index is 638. The minimum atomic E-state index is -0.00841. The summed E-state index contributed by atoms with van der Waals surface area (Å²) < 4.78 is 2.55. The van der Waals surface area contributed by atoms with Crippen molar-refractivity contribution in [3.8, 4) is 0 Å². The molecule has 3 rings (SSSR count). The van der Waals surface area contributed by atoms with Gasteiger partial charge in [-0.1, -0.05) is 11.6 Å². The molecule has 5 nitrogen and oxygen atoms in total. The first-order valence-electron chi connectivity index (χ1n) is 6.87. The number of likely N-dealkylation sites (tertiary alicyclic amines) is 1. The van der Waals surface area contributed by atoms with Gasteiger partial charge in [0.2, 0.25) is 0 Å². The molecule has 0 aromatic carbocycles. The minimum Gasteiger partial charge on any atom is -0.333 e. The predicted molar refractivity (Wildman–Crippen MR) is 83.7 cm³/mol. The number of amides is 2. The summed E-state index contributed by atoms with van der Waals surface area (Å²) in [5, 5.41) is 7.15. The second-order valence-electron chi connectivity index (χ2n) is 5.24. The Morgan fingerprint density at radius 3 is 3.10 bits per heavy atom. The van der Waals surface area contributed by atoms with Crippen molar-refractivity contribution in [2.75, 3.05) is 13.1 Å². The van der Waals surface area contributed by atoms with Crippen LogP contribution in [-0.2, 0) is 13.6 Å². The number of thiophene rings is 1. The number of hydrogen-bond acceptors (Lipinski definition) is 3. The lowest BCUT2D eigenvalue weighted by Crippen LogP contribution is -2.37. The largest absolute Gasteiger partial charge is 0.333 e. The molecular formula is C14H17ClN4OS. The van der Waals surface area contributed by atoms with E-state index >= 15 is 0 Å². The van der Waals surface area contributed by atoms with E-state index in [-0.39, 0.29) is 6.03 Å². The van der Waals surface area contributed by atoms with Crippen LogP contribution in [0, 0.1) is 0 Å². The average Bonchev–Trinajstić information content (AvgIpc) is 3.16. The second kappa shape index (κ2) is 6.07. The third-order valence-corrected chi connectivity index (χ3v) is 4.95. The Labute approximate surface area is 132 Å². The van der Waals surface area contributed by atoms with Crippen LogP contribution in [0.4, 0.5) is 4.79 Å². The van der Waals surface area contributed by atoms with Crippen LogP contribution in [0.3, 0.4) is 0 Å². The van der Waals surface area contributed by atoms with Gasteiger partial charge in [0.15, 0.2) is 0 Å². The Hall–Kier alpha value is -1.53. The lowest BCUT2D eigenvalue weighted by Gasteiger charge is -2.16. The number of hydrogen-bond donors (Lipinski definition) is 1. The van der Waals surface area contributed by atoms with Gasteiger partial charge in [0.05, 0.1) is 17.1 Å². The summed E-state index contributed by atoms with van der Waals surface area (Å²) in [6.45, 7) is 2.07. The third-order valence-electron chi connectivity index (χ3n) is 3.71. The first kappa shape index (κ1) is 14.4. The van der Waals surface area contributed by atoms with E-state index in [4.69, 9.17) is 11.6 Å². The fraction of sp³-hybridized carbons (Fsp3) is 0.429. The van der Waals surface area contributed by atoms with Crippen LogP contribution >= 0.6 is 22.9 Å². The topological polar surface area (TPSA) is 50.2 Å². The molecule has 0 unspecified atom stereocenters. The van der Waals surface area contributed by atoms with Gasteiger partial charge in [-0.15, -0.1) is 11.3 Å². The van der Waals surface area contributed by atoms with Crippen LogP contribution in [-0.4, -0.2) is 33.8 Å². The number of aryl methyl sites for hydroxylation is 1. The third kappa shape index (κ3) is 3.39. The predicted octanol–water partition coefficient (Wildman–Crippen LogP) is 2.83. The van der Waals surface area contributed by atoms with Gasteiger partial charge in [0, 0.05) is 37.1 Å². The number of nitrogens with zero attached hydrogens (tertiary/aromatic N) is 3. The highest BCUT2D eigenvalue weighted by Crippen LogP contribution is 2.27. The van der Waals surface area contributed by atoms with E-state index in [0.29, 0.717) is 12.5 Å². The maximum absolute atomic E-state index is 12.2. The van der Waals surface area contributed by atoms with Crippen LogP contribution in [0.2, 0.25) is 4.34 Å². The van der Waals surface area contributed by atoms with Gasteiger partial charge in [-0.25, -0.2) is 4.79 Å². The highest BCUT2D eigenvalue weighted by molar-refractivity contribution is 7.16. The van der Waals surface area contributed by atoms with Crippen LogP contribution in [0.5, 0.6) is 0 Å². The number of carbonyl (C=O) groups is 1. The van der Waals surface area contributed by atoms with Crippen molar-refractivity contribution in [2.45, 2.75) is 18.9 Å². The average molecular weight is 325 g/mol. The van der Waals surface area contributed by atoms with Gasteiger partial charge in [0.1, 0.15) is 0 Å². The van der Waals surface area contributed by atoms with Gasteiger partial charge in [0.25, 0.3) is 0 Å². The van der Waals surface area contributed by atoms with Crippen molar-refractivity contribution >= 4 is 29.0 Å². The molecule has 1 saturated heterocycles. The van der Waals surface area contributed by atoms with E-state index < -0.39 is 0 Å². The smallest absolute Gasteiger partial charge is 0.317 e.